The van der Waals surface area contributed by atoms with E-state index in [4.69, 9.17) is 0 Å². The molecule has 2 heterocycles. The van der Waals surface area contributed by atoms with E-state index >= 15 is 0 Å². The van der Waals surface area contributed by atoms with Gasteiger partial charge in [0.05, 0.1) is 45.5 Å². The minimum absolute atomic E-state index is 1.10. The minimum Gasteiger partial charge on any atom is -0.306 e. The van der Waals surface area contributed by atoms with E-state index < -0.39 is 0 Å². The second kappa shape index (κ2) is 10.7. The van der Waals surface area contributed by atoms with Gasteiger partial charge in [-0.05, 0) is 91.0 Å². The summed E-state index contributed by atoms with van der Waals surface area (Å²) in [5.41, 5.74) is 13.6. The molecule has 2 aliphatic rings. The summed E-state index contributed by atoms with van der Waals surface area (Å²) >= 11 is 0. The van der Waals surface area contributed by atoms with Crippen molar-refractivity contribution in [3.63, 3.8) is 0 Å². The Hall–Kier alpha value is -6.26. The first-order chi connectivity index (χ1) is 22.9. The topological polar surface area (TPSA) is 13.0 Å². The van der Waals surface area contributed by atoms with Crippen molar-refractivity contribution in [1.82, 2.24) is 0 Å². The van der Waals surface area contributed by atoms with E-state index in [0.717, 1.165) is 68.2 Å². The second-order valence-electron chi connectivity index (χ2n) is 11.5. The molecule has 0 fully saturated rings. The molecular weight excluding hydrogens is 560 g/mol. The van der Waals surface area contributed by atoms with E-state index in [0.29, 0.717) is 0 Å². The van der Waals surface area contributed by atoms with E-state index in [1.54, 1.807) is 0 Å². The maximum atomic E-state index is 2.39. The van der Waals surface area contributed by atoms with Crippen LogP contribution in [0.4, 0.5) is 68.2 Å². The van der Waals surface area contributed by atoms with Crippen molar-refractivity contribution in [1.29, 1.82) is 0 Å². The van der Waals surface area contributed by atoms with Crippen LogP contribution < -0.4 is 19.6 Å². The molecule has 9 rings (SSSR count). The van der Waals surface area contributed by atoms with E-state index in [1.807, 2.05) is 0 Å². The van der Waals surface area contributed by atoms with Gasteiger partial charge >= 0.3 is 0 Å². The lowest BCUT2D eigenvalue weighted by atomic mass is 10.0. The molecule has 0 aromatic heterocycles. The zero-order chi connectivity index (χ0) is 30.5. The van der Waals surface area contributed by atoms with Crippen LogP contribution in [0.25, 0.3) is 0 Å². The van der Waals surface area contributed by atoms with Crippen molar-refractivity contribution < 1.29 is 0 Å². The Bertz CT molecular complexity index is 1950. The van der Waals surface area contributed by atoms with Gasteiger partial charge in [0.2, 0.25) is 0 Å². The molecule has 0 aliphatic carbocycles. The third-order valence-electron chi connectivity index (χ3n) is 8.83. The SMILES string of the molecule is c1ccc(N2c3ccccc3N(c3cccc(N4c5ccccc5N(c5ccccc5)c5ccccc54)c3)c3ccccc32)cc1. The second-order valence-corrected chi connectivity index (χ2v) is 11.5. The van der Waals surface area contributed by atoms with Gasteiger partial charge in [0, 0.05) is 22.7 Å². The molecule has 4 nitrogen and oxygen atoms in total. The van der Waals surface area contributed by atoms with Crippen molar-refractivity contribution in [3.05, 3.63) is 182 Å². The summed E-state index contributed by atoms with van der Waals surface area (Å²) in [6.45, 7) is 0. The normalized spacial score (nSPS) is 13.0. The van der Waals surface area contributed by atoms with E-state index in [2.05, 4.69) is 202 Å². The standard InChI is InChI=1S/C42H30N4/c1-3-16-31(17-4-1)43-35-22-7-11-26-39(35)45(40-27-12-8-23-36(40)43)33-20-15-21-34(30-33)46-41-28-13-9-24-37(41)44(32-18-5-2-6-19-32)38-25-10-14-29-42(38)46/h1-30H. The van der Waals surface area contributed by atoms with Crippen LogP contribution >= 0.6 is 0 Å². The van der Waals surface area contributed by atoms with Gasteiger partial charge in [0.1, 0.15) is 0 Å². The minimum atomic E-state index is 1.10. The molecule has 2 aliphatic heterocycles. The molecule has 0 atom stereocenters. The first-order valence-corrected chi connectivity index (χ1v) is 15.6. The highest BCUT2D eigenvalue weighted by molar-refractivity contribution is 6.04. The molecule has 0 saturated carbocycles. The van der Waals surface area contributed by atoms with Gasteiger partial charge in [0.15, 0.2) is 0 Å². The highest BCUT2D eigenvalue weighted by Gasteiger charge is 2.32. The van der Waals surface area contributed by atoms with Gasteiger partial charge in [-0.15, -0.1) is 0 Å². The molecule has 0 N–H and O–H groups in total. The highest BCUT2D eigenvalue weighted by Crippen LogP contribution is 2.56. The summed E-state index contributed by atoms with van der Waals surface area (Å²) in [5, 5.41) is 0. The van der Waals surface area contributed by atoms with Gasteiger partial charge in [-0.25, -0.2) is 0 Å². The fourth-order valence-corrected chi connectivity index (χ4v) is 6.93. The third kappa shape index (κ3) is 4.08. The smallest absolute Gasteiger partial charge is 0.0703 e. The predicted octanol–water partition coefficient (Wildman–Crippen LogP) is 12.2. The van der Waals surface area contributed by atoms with Crippen molar-refractivity contribution >= 4 is 68.2 Å². The average Bonchev–Trinajstić information content (AvgIpc) is 3.13. The van der Waals surface area contributed by atoms with E-state index in [1.165, 1.54) is 0 Å². The molecule has 7 aromatic carbocycles. The molecule has 4 heteroatoms. The molecule has 218 valence electrons. The highest BCUT2D eigenvalue weighted by atomic mass is 15.3. The Balaban J connectivity index is 1.22. The molecule has 7 aromatic rings. The Kier molecular flexibility index (Phi) is 6.10. The number of rotatable bonds is 4. The Morgan fingerprint density at radius 2 is 0.413 bits per heavy atom. The maximum Gasteiger partial charge on any atom is 0.0703 e. The number of hydrogen-bond donors (Lipinski definition) is 0. The van der Waals surface area contributed by atoms with Crippen LogP contribution in [0, 0.1) is 0 Å². The summed E-state index contributed by atoms with van der Waals surface area (Å²) in [5.74, 6) is 0. The Morgan fingerprint density at radius 1 is 0.196 bits per heavy atom. The summed E-state index contributed by atoms with van der Waals surface area (Å²) in [7, 11) is 0. The van der Waals surface area contributed by atoms with Crippen molar-refractivity contribution in [2.75, 3.05) is 19.6 Å². The van der Waals surface area contributed by atoms with Crippen LogP contribution in [0.1, 0.15) is 0 Å². The largest absolute Gasteiger partial charge is 0.306 e. The molecule has 0 saturated heterocycles. The monoisotopic (exact) mass is 590 g/mol. The van der Waals surface area contributed by atoms with Crippen molar-refractivity contribution in [2.45, 2.75) is 0 Å². The fraction of sp³-hybridized carbons (Fsp3) is 0. The molecule has 0 spiro atoms. The summed E-state index contributed by atoms with van der Waals surface area (Å²) in [6, 6.07) is 64.9. The molecular formula is C42H30N4. The zero-order valence-corrected chi connectivity index (χ0v) is 25.1. The van der Waals surface area contributed by atoms with Gasteiger partial charge in [-0.1, -0.05) is 91.0 Å². The van der Waals surface area contributed by atoms with Gasteiger partial charge < -0.3 is 19.6 Å². The van der Waals surface area contributed by atoms with E-state index in [9.17, 15) is 0 Å². The summed E-state index contributed by atoms with van der Waals surface area (Å²) in [4.78, 5) is 9.51. The Labute approximate surface area is 269 Å². The molecule has 0 amide bonds. The van der Waals surface area contributed by atoms with Crippen molar-refractivity contribution in [2.24, 2.45) is 0 Å². The van der Waals surface area contributed by atoms with Gasteiger partial charge in [-0.3, -0.25) is 0 Å². The van der Waals surface area contributed by atoms with Crippen molar-refractivity contribution in [3.8, 4) is 0 Å². The number of fused-ring (bicyclic) bond motifs is 4. The molecule has 0 unspecified atom stereocenters. The van der Waals surface area contributed by atoms with Crippen LogP contribution in [0.2, 0.25) is 0 Å². The molecule has 0 radical (unpaired) electrons. The first-order valence-electron chi connectivity index (χ1n) is 15.6. The van der Waals surface area contributed by atoms with Crippen LogP contribution in [-0.2, 0) is 0 Å². The predicted molar refractivity (Wildman–Crippen MR) is 192 cm³/mol. The lowest BCUT2D eigenvalue weighted by molar-refractivity contribution is 1.15. The van der Waals surface area contributed by atoms with Crippen LogP contribution in [-0.4, -0.2) is 0 Å². The van der Waals surface area contributed by atoms with Crippen LogP contribution in [0.3, 0.4) is 0 Å². The number of para-hydroxylation sites is 10. The average molecular weight is 591 g/mol. The summed E-state index contributed by atoms with van der Waals surface area (Å²) in [6.07, 6.45) is 0. The van der Waals surface area contributed by atoms with Crippen LogP contribution in [0.15, 0.2) is 182 Å². The number of anilines is 12. The quantitative estimate of drug-likeness (QED) is 0.202. The Morgan fingerprint density at radius 3 is 0.696 bits per heavy atom. The zero-order valence-electron chi connectivity index (χ0n) is 25.1. The maximum absolute atomic E-state index is 2.39. The summed E-state index contributed by atoms with van der Waals surface area (Å²) < 4.78 is 0. The van der Waals surface area contributed by atoms with Gasteiger partial charge in [0.25, 0.3) is 0 Å². The third-order valence-corrected chi connectivity index (χ3v) is 8.83. The van der Waals surface area contributed by atoms with Crippen LogP contribution in [0.5, 0.6) is 0 Å². The lowest BCUT2D eigenvalue weighted by Crippen LogP contribution is -2.25. The number of benzene rings is 7. The number of hydrogen-bond acceptors (Lipinski definition) is 4. The lowest BCUT2D eigenvalue weighted by Gasteiger charge is -2.42. The fourth-order valence-electron chi connectivity index (χ4n) is 6.93. The number of nitrogens with zero attached hydrogens (tertiary/aromatic N) is 4. The first kappa shape index (κ1) is 26.2. The molecule has 46 heavy (non-hydrogen) atoms. The van der Waals surface area contributed by atoms with E-state index in [-0.39, 0.29) is 0 Å². The van der Waals surface area contributed by atoms with Gasteiger partial charge in [-0.2, -0.15) is 0 Å². The molecule has 0 bridgehead atoms.